The van der Waals surface area contributed by atoms with E-state index in [-0.39, 0.29) is 11.4 Å². The number of esters is 1. The molecule has 0 aliphatic carbocycles. The quantitative estimate of drug-likeness (QED) is 0.817. The average Bonchev–Trinajstić information content (AvgIpc) is 2.76. The van der Waals surface area contributed by atoms with E-state index in [1.807, 2.05) is 37.3 Å². The highest BCUT2D eigenvalue weighted by Crippen LogP contribution is 2.25. The van der Waals surface area contributed by atoms with Gasteiger partial charge in [0.1, 0.15) is 11.4 Å². The molecule has 1 aromatic carbocycles. The van der Waals surface area contributed by atoms with Crippen molar-refractivity contribution in [3.63, 3.8) is 0 Å². The minimum atomic E-state index is -0.504. The molecule has 0 saturated carbocycles. The highest BCUT2D eigenvalue weighted by atomic mass is 16.5. The number of nitrogens with zero attached hydrogens (tertiary/aromatic N) is 2. The summed E-state index contributed by atoms with van der Waals surface area (Å²) in [5.74, 6) is 0.181. The number of nitrogens with one attached hydrogen (secondary N) is 1. The number of anilines is 2. The number of hydrogen-bond donors (Lipinski definition) is 2. The van der Waals surface area contributed by atoms with Crippen LogP contribution in [0.4, 0.5) is 11.6 Å². The summed E-state index contributed by atoms with van der Waals surface area (Å²) in [5, 5.41) is 7.33. The van der Waals surface area contributed by atoms with E-state index in [4.69, 9.17) is 10.5 Å². The molecule has 1 aromatic heterocycles. The number of ether oxygens (including phenoxy) is 1. The molecule has 0 saturated heterocycles. The molecule has 19 heavy (non-hydrogen) atoms. The summed E-state index contributed by atoms with van der Waals surface area (Å²) in [6, 6.07) is 9.37. The highest BCUT2D eigenvalue weighted by molar-refractivity contribution is 5.99. The molecule has 0 aliphatic rings. The van der Waals surface area contributed by atoms with Gasteiger partial charge in [-0.05, 0) is 19.1 Å². The van der Waals surface area contributed by atoms with Gasteiger partial charge in [0.15, 0.2) is 5.82 Å². The molecule has 1 heterocycles. The summed E-state index contributed by atoms with van der Waals surface area (Å²) in [5.41, 5.74) is 7.05. The van der Waals surface area contributed by atoms with Crippen molar-refractivity contribution < 1.29 is 9.53 Å². The van der Waals surface area contributed by atoms with Crippen LogP contribution in [0.2, 0.25) is 0 Å². The fourth-order valence-corrected chi connectivity index (χ4v) is 1.79. The topological polar surface area (TPSA) is 82.2 Å². The molecule has 2 aromatic rings. The first-order valence-electron chi connectivity index (χ1n) is 5.95. The molecular formula is C13H16N4O2. The molecule has 6 nitrogen and oxygen atoms in total. The number of benzene rings is 1. The van der Waals surface area contributed by atoms with E-state index in [1.54, 1.807) is 0 Å². The van der Waals surface area contributed by atoms with Crippen molar-refractivity contribution in [3.05, 3.63) is 35.9 Å². The molecule has 0 amide bonds. The van der Waals surface area contributed by atoms with E-state index in [9.17, 15) is 4.79 Å². The molecule has 0 bridgehead atoms. The summed E-state index contributed by atoms with van der Waals surface area (Å²) < 4.78 is 6.26. The second kappa shape index (κ2) is 5.43. The summed E-state index contributed by atoms with van der Waals surface area (Å²) >= 11 is 0. The molecule has 100 valence electrons. The van der Waals surface area contributed by atoms with Crippen LogP contribution in [0.3, 0.4) is 0 Å². The van der Waals surface area contributed by atoms with Crippen LogP contribution in [-0.4, -0.2) is 29.4 Å². The van der Waals surface area contributed by atoms with E-state index in [1.165, 1.54) is 11.8 Å². The fraction of sp³-hybridized carbons (Fsp3) is 0.231. The van der Waals surface area contributed by atoms with Crippen LogP contribution in [0, 0.1) is 0 Å². The van der Waals surface area contributed by atoms with Crippen molar-refractivity contribution in [2.45, 2.75) is 6.92 Å². The molecule has 0 spiro atoms. The lowest BCUT2D eigenvalue weighted by atomic mass is 10.3. The average molecular weight is 260 g/mol. The number of nitrogens with two attached hydrogens (primary N) is 1. The maximum absolute atomic E-state index is 11.8. The number of rotatable bonds is 4. The molecule has 2 rings (SSSR count). The number of carbonyl (C=O) groups is 1. The molecule has 0 atom stereocenters. The van der Waals surface area contributed by atoms with Gasteiger partial charge in [0, 0.05) is 6.54 Å². The van der Waals surface area contributed by atoms with E-state index in [2.05, 4.69) is 10.4 Å². The fourth-order valence-electron chi connectivity index (χ4n) is 1.79. The Bertz CT molecular complexity index is 578. The number of methoxy groups -OCH3 is 1. The molecular weight excluding hydrogens is 244 g/mol. The minimum Gasteiger partial charge on any atom is -0.465 e. The molecule has 0 unspecified atom stereocenters. The third kappa shape index (κ3) is 2.37. The van der Waals surface area contributed by atoms with Crippen LogP contribution in [0.5, 0.6) is 0 Å². The first kappa shape index (κ1) is 12.9. The molecule has 3 N–H and O–H groups in total. The van der Waals surface area contributed by atoms with Gasteiger partial charge >= 0.3 is 5.97 Å². The Morgan fingerprint density at radius 3 is 2.68 bits per heavy atom. The number of carbonyl (C=O) groups excluding carboxylic acids is 1. The van der Waals surface area contributed by atoms with E-state index in [0.717, 1.165) is 5.69 Å². The second-order valence-corrected chi connectivity index (χ2v) is 3.88. The summed E-state index contributed by atoms with van der Waals surface area (Å²) in [6.07, 6.45) is 0. The Kier molecular flexibility index (Phi) is 3.70. The summed E-state index contributed by atoms with van der Waals surface area (Å²) in [6.45, 7) is 2.55. The van der Waals surface area contributed by atoms with Crippen molar-refractivity contribution >= 4 is 17.6 Å². The molecule has 6 heteroatoms. The van der Waals surface area contributed by atoms with Crippen molar-refractivity contribution in [1.82, 2.24) is 9.78 Å². The van der Waals surface area contributed by atoms with E-state index in [0.29, 0.717) is 12.4 Å². The van der Waals surface area contributed by atoms with Crippen molar-refractivity contribution in [3.8, 4) is 5.69 Å². The second-order valence-electron chi connectivity index (χ2n) is 3.88. The van der Waals surface area contributed by atoms with E-state index < -0.39 is 5.97 Å². The van der Waals surface area contributed by atoms with Crippen LogP contribution < -0.4 is 11.1 Å². The Morgan fingerprint density at radius 1 is 1.42 bits per heavy atom. The van der Waals surface area contributed by atoms with Gasteiger partial charge in [0.05, 0.1) is 12.8 Å². The van der Waals surface area contributed by atoms with Crippen LogP contribution in [0.15, 0.2) is 30.3 Å². The Hall–Kier alpha value is -2.50. The van der Waals surface area contributed by atoms with Crippen LogP contribution in [0.25, 0.3) is 5.69 Å². The van der Waals surface area contributed by atoms with Gasteiger partial charge < -0.3 is 15.8 Å². The molecule has 0 aliphatic heterocycles. The first-order valence-corrected chi connectivity index (χ1v) is 5.95. The standard InChI is InChI=1S/C13H16N4O2/c1-3-15-12-10(13(18)19-2)11(14)17(16-12)9-7-5-4-6-8-9/h4-8H,3,14H2,1-2H3,(H,15,16). The molecule has 0 fully saturated rings. The zero-order chi connectivity index (χ0) is 13.8. The van der Waals surface area contributed by atoms with Crippen molar-refractivity contribution in [2.75, 3.05) is 24.7 Å². The Morgan fingerprint density at radius 2 is 2.11 bits per heavy atom. The van der Waals surface area contributed by atoms with Gasteiger partial charge in [-0.15, -0.1) is 5.10 Å². The van der Waals surface area contributed by atoms with Gasteiger partial charge in [-0.3, -0.25) is 0 Å². The van der Waals surface area contributed by atoms with Gasteiger partial charge in [-0.25, -0.2) is 9.48 Å². The van der Waals surface area contributed by atoms with Gasteiger partial charge in [0.2, 0.25) is 0 Å². The van der Waals surface area contributed by atoms with E-state index >= 15 is 0 Å². The predicted molar refractivity (Wildman–Crippen MR) is 73.5 cm³/mol. The summed E-state index contributed by atoms with van der Waals surface area (Å²) in [7, 11) is 1.32. The zero-order valence-corrected chi connectivity index (χ0v) is 10.9. The number of nitrogen functional groups attached to an aromatic ring is 1. The number of aromatic nitrogens is 2. The van der Waals surface area contributed by atoms with Gasteiger partial charge in [0.25, 0.3) is 0 Å². The normalized spacial score (nSPS) is 10.2. The van der Waals surface area contributed by atoms with Crippen molar-refractivity contribution in [2.24, 2.45) is 0 Å². The maximum atomic E-state index is 11.8. The largest absolute Gasteiger partial charge is 0.465 e. The monoisotopic (exact) mass is 260 g/mol. The Labute approximate surface area is 111 Å². The van der Waals surface area contributed by atoms with Crippen LogP contribution in [0.1, 0.15) is 17.3 Å². The van der Waals surface area contributed by atoms with Crippen LogP contribution >= 0.6 is 0 Å². The van der Waals surface area contributed by atoms with Crippen LogP contribution in [-0.2, 0) is 4.74 Å². The lowest BCUT2D eigenvalue weighted by Crippen LogP contribution is -2.09. The maximum Gasteiger partial charge on any atom is 0.345 e. The number of para-hydroxylation sites is 1. The lowest BCUT2D eigenvalue weighted by Gasteiger charge is -2.03. The zero-order valence-electron chi connectivity index (χ0n) is 10.9. The first-order chi connectivity index (χ1) is 9.19. The SMILES string of the molecule is CCNc1nn(-c2ccccc2)c(N)c1C(=O)OC. The smallest absolute Gasteiger partial charge is 0.345 e. The summed E-state index contributed by atoms with van der Waals surface area (Å²) in [4.78, 5) is 11.8. The van der Waals surface area contributed by atoms with Crippen molar-refractivity contribution in [1.29, 1.82) is 0 Å². The number of hydrogen-bond acceptors (Lipinski definition) is 5. The predicted octanol–water partition coefficient (Wildman–Crippen LogP) is 1.67. The highest BCUT2D eigenvalue weighted by Gasteiger charge is 2.23. The van der Waals surface area contributed by atoms with Gasteiger partial charge in [-0.2, -0.15) is 0 Å². The molecule has 0 radical (unpaired) electrons. The Balaban J connectivity index is 2.55. The lowest BCUT2D eigenvalue weighted by molar-refractivity contribution is 0.0603. The third-order valence-corrected chi connectivity index (χ3v) is 2.66. The third-order valence-electron chi connectivity index (χ3n) is 2.66. The minimum absolute atomic E-state index is 0.258. The van der Waals surface area contributed by atoms with Gasteiger partial charge in [-0.1, -0.05) is 18.2 Å².